The van der Waals surface area contributed by atoms with Gasteiger partial charge in [0.05, 0.1) is 16.2 Å². The number of nitrogens with one attached hydrogen (secondary N) is 2. The second-order valence-electron chi connectivity index (χ2n) is 8.69. The van der Waals surface area contributed by atoms with Crippen LogP contribution in [0.3, 0.4) is 0 Å². The third kappa shape index (κ3) is 5.00. The molecule has 0 aliphatic carbocycles. The van der Waals surface area contributed by atoms with Crippen molar-refractivity contribution in [2.24, 2.45) is 0 Å². The van der Waals surface area contributed by atoms with Gasteiger partial charge in [0.2, 0.25) is 0 Å². The van der Waals surface area contributed by atoms with Gasteiger partial charge in [0.1, 0.15) is 0 Å². The summed E-state index contributed by atoms with van der Waals surface area (Å²) in [4.78, 5) is 26.4. The van der Waals surface area contributed by atoms with Crippen LogP contribution in [0.4, 0.5) is 17.1 Å². The normalized spacial score (nSPS) is 16.5. The van der Waals surface area contributed by atoms with Crippen LogP contribution >= 0.6 is 0 Å². The number of benzene rings is 3. The summed E-state index contributed by atoms with van der Waals surface area (Å²) in [6.07, 6.45) is 6.54. The predicted molar refractivity (Wildman–Crippen MR) is 139 cm³/mol. The Kier molecular flexibility index (Phi) is 6.41. The Hall–Kier alpha value is -4.23. The van der Waals surface area contributed by atoms with E-state index in [4.69, 9.17) is 0 Å². The SMILES string of the molecule is O=C1Nc2ccc([N+](=O)[O-])cc2/C1=C(/Nc1ccc(CCN2CC=CCC2)cc1)c1ccccc1. The zero-order chi connectivity index (χ0) is 24.2. The highest BCUT2D eigenvalue weighted by Gasteiger charge is 2.30. The number of hydrogen-bond acceptors (Lipinski definition) is 5. The fourth-order valence-electron chi connectivity index (χ4n) is 4.48. The molecule has 0 fully saturated rings. The molecule has 7 heteroatoms. The lowest BCUT2D eigenvalue weighted by molar-refractivity contribution is -0.384. The minimum atomic E-state index is -0.449. The molecule has 35 heavy (non-hydrogen) atoms. The lowest BCUT2D eigenvalue weighted by Crippen LogP contribution is -2.29. The van der Waals surface area contributed by atoms with Gasteiger partial charge in [-0.2, -0.15) is 0 Å². The van der Waals surface area contributed by atoms with Crippen molar-refractivity contribution in [1.82, 2.24) is 4.90 Å². The Bertz CT molecular complexity index is 1310. The average molecular weight is 467 g/mol. The summed E-state index contributed by atoms with van der Waals surface area (Å²) >= 11 is 0. The number of rotatable bonds is 7. The molecule has 3 aromatic rings. The molecule has 0 unspecified atom stereocenters. The number of carbonyl (C=O) groups excluding carboxylic acids is 1. The molecule has 0 saturated carbocycles. The maximum Gasteiger partial charge on any atom is 0.270 e. The van der Waals surface area contributed by atoms with Gasteiger partial charge in [-0.1, -0.05) is 54.6 Å². The largest absolute Gasteiger partial charge is 0.354 e. The van der Waals surface area contributed by atoms with E-state index in [-0.39, 0.29) is 11.6 Å². The quantitative estimate of drug-likeness (QED) is 0.213. The second kappa shape index (κ2) is 9.95. The van der Waals surface area contributed by atoms with Crippen molar-refractivity contribution >= 4 is 34.2 Å². The molecule has 176 valence electrons. The second-order valence-corrected chi connectivity index (χ2v) is 8.69. The molecule has 5 rings (SSSR count). The van der Waals surface area contributed by atoms with Gasteiger partial charge in [-0.3, -0.25) is 19.8 Å². The fraction of sp³-hybridized carbons (Fsp3) is 0.179. The van der Waals surface area contributed by atoms with E-state index in [1.165, 1.54) is 17.7 Å². The van der Waals surface area contributed by atoms with Gasteiger partial charge in [0.15, 0.2) is 0 Å². The van der Waals surface area contributed by atoms with Crippen molar-refractivity contribution < 1.29 is 9.72 Å². The van der Waals surface area contributed by atoms with Crippen LogP contribution in [0.15, 0.2) is 84.9 Å². The number of nitro groups is 1. The summed E-state index contributed by atoms with van der Waals surface area (Å²) in [6, 6.07) is 22.2. The van der Waals surface area contributed by atoms with Crippen molar-refractivity contribution in [2.75, 3.05) is 30.3 Å². The van der Waals surface area contributed by atoms with Gasteiger partial charge in [0.25, 0.3) is 11.6 Å². The first-order valence-electron chi connectivity index (χ1n) is 11.7. The van der Waals surface area contributed by atoms with Gasteiger partial charge in [-0.15, -0.1) is 0 Å². The molecule has 0 saturated heterocycles. The van der Waals surface area contributed by atoms with E-state index < -0.39 is 4.92 Å². The van der Waals surface area contributed by atoms with Crippen LogP contribution in [0.5, 0.6) is 0 Å². The molecule has 2 heterocycles. The minimum absolute atomic E-state index is 0.0567. The van der Waals surface area contributed by atoms with Crippen LogP contribution in [-0.2, 0) is 11.2 Å². The Labute approximate surface area is 203 Å². The molecule has 0 atom stereocenters. The highest BCUT2D eigenvalue weighted by Crippen LogP contribution is 2.39. The first kappa shape index (κ1) is 22.6. The number of nitrogens with zero attached hydrogens (tertiary/aromatic N) is 2. The maximum atomic E-state index is 13.0. The summed E-state index contributed by atoms with van der Waals surface area (Å²) in [6.45, 7) is 3.13. The van der Waals surface area contributed by atoms with Gasteiger partial charge in [-0.05, 0) is 42.2 Å². The Morgan fingerprint density at radius 3 is 2.54 bits per heavy atom. The summed E-state index contributed by atoms with van der Waals surface area (Å²) in [5, 5.41) is 17.6. The topological polar surface area (TPSA) is 87.5 Å². The van der Waals surface area contributed by atoms with Crippen LogP contribution in [0, 0.1) is 10.1 Å². The molecule has 3 aromatic carbocycles. The fourth-order valence-corrected chi connectivity index (χ4v) is 4.48. The minimum Gasteiger partial charge on any atom is -0.354 e. The zero-order valence-electron chi connectivity index (χ0n) is 19.2. The highest BCUT2D eigenvalue weighted by atomic mass is 16.6. The molecule has 0 radical (unpaired) electrons. The smallest absolute Gasteiger partial charge is 0.270 e. The number of fused-ring (bicyclic) bond motifs is 1. The molecule has 0 bridgehead atoms. The van der Waals surface area contributed by atoms with Crippen LogP contribution in [-0.4, -0.2) is 35.4 Å². The highest BCUT2D eigenvalue weighted by molar-refractivity contribution is 6.37. The third-order valence-corrected chi connectivity index (χ3v) is 6.35. The molecule has 2 aliphatic heterocycles. The average Bonchev–Trinajstić information content (AvgIpc) is 3.22. The first-order valence-corrected chi connectivity index (χ1v) is 11.7. The first-order chi connectivity index (χ1) is 17.1. The van der Waals surface area contributed by atoms with Crippen molar-refractivity contribution in [2.45, 2.75) is 12.8 Å². The van der Waals surface area contributed by atoms with Gasteiger partial charge < -0.3 is 10.6 Å². The molecule has 7 nitrogen and oxygen atoms in total. The van der Waals surface area contributed by atoms with Crippen molar-refractivity contribution in [3.8, 4) is 0 Å². The van der Waals surface area contributed by atoms with Crippen LogP contribution in [0.25, 0.3) is 11.3 Å². The van der Waals surface area contributed by atoms with Crippen LogP contribution < -0.4 is 10.6 Å². The van der Waals surface area contributed by atoms with E-state index in [1.54, 1.807) is 6.07 Å². The van der Waals surface area contributed by atoms with Gasteiger partial charge in [-0.25, -0.2) is 0 Å². The van der Waals surface area contributed by atoms with Gasteiger partial charge in [0, 0.05) is 48.7 Å². The standard InChI is InChI=1S/C28H26N4O3/c33-28-26(24-19-23(32(34)35)13-14-25(24)30-28)27(21-7-3-1-4-8-21)29-22-11-9-20(10-12-22)15-18-31-16-5-2-6-17-31/h1-5,7-14,19,29H,6,15-18H2,(H,30,33)/b27-26-. The molecular weight excluding hydrogens is 440 g/mol. The number of non-ortho nitro benzene ring substituents is 1. The van der Waals surface area contributed by atoms with Crippen molar-refractivity contribution in [3.05, 3.63) is 112 Å². The van der Waals surface area contributed by atoms with Crippen LogP contribution in [0.1, 0.15) is 23.1 Å². The third-order valence-electron chi connectivity index (χ3n) is 6.35. The lowest BCUT2D eigenvalue weighted by atomic mass is 9.99. The van der Waals surface area contributed by atoms with E-state index in [0.29, 0.717) is 22.5 Å². The maximum absolute atomic E-state index is 13.0. The summed E-state index contributed by atoms with van der Waals surface area (Å²) < 4.78 is 0. The van der Waals surface area contributed by atoms with Crippen molar-refractivity contribution in [1.29, 1.82) is 0 Å². The number of carbonyl (C=O) groups is 1. The molecule has 0 aromatic heterocycles. The van der Waals surface area contributed by atoms with Crippen LogP contribution in [0.2, 0.25) is 0 Å². The molecular formula is C28H26N4O3. The number of hydrogen-bond donors (Lipinski definition) is 2. The molecule has 2 N–H and O–H groups in total. The van der Waals surface area contributed by atoms with E-state index in [9.17, 15) is 14.9 Å². The number of anilines is 2. The summed E-state index contributed by atoms with van der Waals surface area (Å²) in [5.41, 5.74) is 4.92. The van der Waals surface area contributed by atoms with Gasteiger partial charge >= 0.3 is 0 Å². The lowest BCUT2D eigenvalue weighted by Gasteiger charge is -2.22. The molecule has 0 spiro atoms. The molecule has 1 amide bonds. The summed E-state index contributed by atoms with van der Waals surface area (Å²) in [5.74, 6) is -0.293. The van der Waals surface area contributed by atoms with E-state index >= 15 is 0 Å². The predicted octanol–water partition coefficient (Wildman–Crippen LogP) is 5.33. The van der Waals surface area contributed by atoms with Crippen molar-refractivity contribution in [3.63, 3.8) is 0 Å². The zero-order valence-corrected chi connectivity index (χ0v) is 19.2. The molecule has 2 aliphatic rings. The van der Waals surface area contributed by atoms with E-state index in [2.05, 4.69) is 39.8 Å². The number of amides is 1. The van der Waals surface area contributed by atoms with E-state index in [1.807, 2.05) is 42.5 Å². The van der Waals surface area contributed by atoms with E-state index in [0.717, 1.165) is 43.7 Å². The summed E-state index contributed by atoms with van der Waals surface area (Å²) in [7, 11) is 0. The Balaban J connectivity index is 1.45. The Morgan fingerprint density at radius 2 is 1.83 bits per heavy atom. The number of nitro benzene ring substituents is 1. The Morgan fingerprint density at radius 1 is 1.03 bits per heavy atom. The monoisotopic (exact) mass is 466 g/mol.